The second kappa shape index (κ2) is 2.51. The largest absolute Gasteiger partial charge is 0.396 e. The van der Waals surface area contributed by atoms with E-state index in [0.29, 0.717) is 11.8 Å². The maximum atomic E-state index is 9.47. The van der Waals surface area contributed by atoms with Crippen LogP contribution in [0, 0.1) is 11.8 Å². The van der Waals surface area contributed by atoms with Gasteiger partial charge in [0.05, 0.1) is 5.60 Å². The average Bonchev–Trinajstić information content (AvgIpc) is 1.57. The Hall–Kier alpha value is -0.0800. The van der Waals surface area contributed by atoms with Gasteiger partial charge in [0.25, 0.3) is 0 Å². The molecule has 2 heteroatoms. The van der Waals surface area contributed by atoms with Gasteiger partial charge in [0.2, 0.25) is 0 Å². The highest BCUT2D eigenvalue weighted by Crippen LogP contribution is 2.40. The molecule has 0 aromatic heterocycles. The minimum atomic E-state index is -0.536. The summed E-state index contributed by atoms with van der Waals surface area (Å²) in [6, 6.07) is 0. The van der Waals surface area contributed by atoms with E-state index in [1.54, 1.807) is 0 Å². The minimum absolute atomic E-state index is 0.284. The van der Waals surface area contributed by atoms with Gasteiger partial charge in [-0.1, -0.05) is 0 Å². The van der Waals surface area contributed by atoms with Crippen LogP contribution in [0.4, 0.5) is 0 Å². The molecular weight excluding hydrogens is 128 g/mol. The summed E-state index contributed by atoms with van der Waals surface area (Å²) in [4.78, 5) is 0. The molecule has 0 aromatic carbocycles. The molecule has 1 aliphatic rings. The Bertz CT molecular complexity index is 109. The van der Waals surface area contributed by atoms with Gasteiger partial charge in [-0.05, 0) is 38.5 Å². The lowest BCUT2D eigenvalue weighted by molar-refractivity contribution is -0.0536. The fourth-order valence-electron chi connectivity index (χ4n) is 1.46. The van der Waals surface area contributed by atoms with Crippen molar-refractivity contribution in [2.75, 3.05) is 6.61 Å². The summed E-state index contributed by atoms with van der Waals surface area (Å²) in [6.45, 7) is 3.96. The molecule has 0 bridgehead atoms. The predicted molar refractivity (Wildman–Crippen MR) is 39.6 cm³/mol. The van der Waals surface area contributed by atoms with Crippen LogP contribution in [0.15, 0.2) is 0 Å². The van der Waals surface area contributed by atoms with Crippen molar-refractivity contribution in [3.05, 3.63) is 0 Å². The van der Waals surface area contributed by atoms with Gasteiger partial charge in [0, 0.05) is 6.61 Å². The fourth-order valence-corrected chi connectivity index (χ4v) is 1.46. The summed E-state index contributed by atoms with van der Waals surface area (Å²) in [5.41, 5.74) is -0.536. The van der Waals surface area contributed by atoms with Gasteiger partial charge in [-0.2, -0.15) is 0 Å². The minimum Gasteiger partial charge on any atom is -0.396 e. The number of aliphatic hydroxyl groups excluding tert-OH is 1. The number of rotatable bonds is 2. The standard InChI is InChI=1S/C8H16O2/c1-8(2,10)7-3-6(4-7)5-9/h6-7,9-10H,3-5H2,1-2H3. The van der Waals surface area contributed by atoms with Crippen LogP contribution in [-0.2, 0) is 0 Å². The highest BCUT2D eigenvalue weighted by molar-refractivity contribution is 4.88. The van der Waals surface area contributed by atoms with E-state index in [0.717, 1.165) is 12.8 Å². The van der Waals surface area contributed by atoms with Crippen LogP contribution in [0.3, 0.4) is 0 Å². The zero-order chi connectivity index (χ0) is 7.78. The number of aliphatic hydroxyl groups is 2. The molecule has 0 atom stereocenters. The molecule has 0 saturated heterocycles. The number of hydrogen-bond acceptors (Lipinski definition) is 2. The molecule has 0 aromatic rings. The molecule has 0 unspecified atom stereocenters. The Kier molecular flexibility index (Phi) is 2.02. The van der Waals surface area contributed by atoms with E-state index >= 15 is 0 Å². The molecule has 1 rings (SSSR count). The van der Waals surface area contributed by atoms with E-state index in [4.69, 9.17) is 5.11 Å². The van der Waals surface area contributed by atoms with Gasteiger partial charge in [-0.3, -0.25) is 0 Å². The first-order chi connectivity index (χ1) is 4.54. The third-order valence-corrected chi connectivity index (χ3v) is 2.49. The summed E-state index contributed by atoms with van der Waals surface area (Å²) in [5, 5.41) is 18.2. The lowest BCUT2D eigenvalue weighted by atomic mass is 9.68. The molecule has 60 valence electrons. The lowest BCUT2D eigenvalue weighted by Gasteiger charge is -2.41. The van der Waals surface area contributed by atoms with Gasteiger partial charge >= 0.3 is 0 Å². The summed E-state index contributed by atoms with van der Waals surface area (Å²) in [6.07, 6.45) is 1.97. The van der Waals surface area contributed by atoms with E-state index in [-0.39, 0.29) is 6.61 Å². The molecule has 1 fully saturated rings. The van der Waals surface area contributed by atoms with Crippen molar-refractivity contribution in [2.45, 2.75) is 32.3 Å². The van der Waals surface area contributed by atoms with Gasteiger partial charge < -0.3 is 10.2 Å². The van der Waals surface area contributed by atoms with Gasteiger partial charge in [-0.15, -0.1) is 0 Å². The summed E-state index contributed by atoms with van der Waals surface area (Å²) in [5.74, 6) is 0.862. The third kappa shape index (κ3) is 1.50. The van der Waals surface area contributed by atoms with Gasteiger partial charge in [0.15, 0.2) is 0 Å². The first-order valence-corrected chi connectivity index (χ1v) is 3.87. The Morgan fingerprint density at radius 1 is 1.40 bits per heavy atom. The molecule has 2 N–H and O–H groups in total. The quantitative estimate of drug-likeness (QED) is 0.601. The monoisotopic (exact) mass is 144 g/mol. The maximum absolute atomic E-state index is 9.47. The Morgan fingerprint density at radius 2 is 1.90 bits per heavy atom. The van der Waals surface area contributed by atoms with Crippen molar-refractivity contribution in [1.29, 1.82) is 0 Å². The zero-order valence-corrected chi connectivity index (χ0v) is 6.67. The zero-order valence-electron chi connectivity index (χ0n) is 6.67. The normalized spacial score (nSPS) is 33.6. The van der Waals surface area contributed by atoms with Crippen LogP contribution in [0.1, 0.15) is 26.7 Å². The first-order valence-electron chi connectivity index (χ1n) is 3.87. The molecule has 1 saturated carbocycles. The van der Waals surface area contributed by atoms with Crippen molar-refractivity contribution >= 4 is 0 Å². The molecular formula is C8H16O2. The molecule has 0 spiro atoms. The second-order valence-corrected chi connectivity index (χ2v) is 3.87. The van der Waals surface area contributed by atoms with Crippen LogP contribution in [0.25, 0.3) is 0 Å². The van der Waals surface area contributed by atoms with Crippen LogP contribution in [-0.4, -0.2) is 22.4 Å². The van der Waals surface area contributed by atoms with Crippen molar-refractivity contribution < 1.29 is 10.2 Å². The SMILES string of the molecule is CC(C)(O)C1CC(CO)C1. The Balaban J connectivity index is 2.26. The van der Waals surface area contributed by atoms with Crippen LogP contribution in [0.2, 0.25) is 0 Å². The summed E-state index contributed by atoms with van der Waals surface area (Å²) < 4.78 is 0. The van der Waals surface area contributed by atoms with Crippen molar-refractivity contribution in [3.8, 4) is 0 Å². The molecule has 2 nitrogen and oxygen atoms in total. The smallest absolute Gasteiger partial charge is 0.0620 e. The highest BCUT2D eigenvalue weighted by Gasteiger charge is 2.37. The lowest BCUT2D eigenvalue weighted by Crippen LogP contribution is -2.41. The van der Waals surface area contributed by atoms with E-state index in [1.165, 1.54) is 0 Å². The summed E-state index contributed by atoms with van der Waals surface area (Å²) in [7, 11) is 0. The summed E-state index contributed by atoms with van der Waals surface area (Å²) >= 11 is 0. The molecule has 0 aliphatic heterocycles. The fraction of sp³-hybridized carbons (Fsp3) is 1.00. The van der Waals surface area contributed by atoms with Crippen LogP contribution in [0.5, 0.6) is 0 Å². The topological polar surface area (TPSA) is 40.5 Å². The van der Waals surface area contributed by atoms with Crippen molar-refractivity contribution in [3.63, 3.8) is 0 Å². The average molecular weight is 144 g/mol. The second-order valence-electron chi connectivity index (χ2n) is 3.87. The third-order valence-electron chi connectivity index (χ3n) is 2.49. The highest BCUT2D eigenvalue weighted by atomic mass is 16.3. The molecule has 10 heavy (non-hydrogen) atoms. The van der Waals surface area contributed by atoms with E-state index in [1.807, 2.05) is 13.8 Å². The Morgan fingerprint density at radius 3 is 2.20 bits per heavy atom. The van der Waals surface area contributed by atoms with E-state index in [2.05, 4.69) is 0 Å². The number of hydrogen-bond donors (Lipinski definition) is 2. The molecule has 0 heterocycles. The Labute approximate surface area is 61.9 Å². The molecule has 0 radical (unpaired) electrons. The van der Waals surface area contributed by atoms with E-state index in [9.17, 15) is 5.11 Å². The van der Waals surface area contributed by atoms with Crippen LogP contribution >= 0.6 is 0 Å². The molecule has 0 amide bonds. The first kappa shape index (κ1) is 8.02. The predicted octanol–water partition coefficient (Wildman–Crippen LogP) is 0.776. The van der Waals surface area contributed by atoms with Crippen molar-refractivity contribution in [1.82, 2.24) is 0 Å². The molecule has 1 aliphatic carbocycles. The van der Waals surface area contributed by atoms with Gasteiger partial charge in [-0.25, -0.2) is 0 Å². The van der Waals surface area contributed by atoms with E-state index < -0.39 is 5.60 Å². The van der Waals surface area contributed by atoms with Gasteiger partial charge in [0.1, 0.15) is 0 Å². The maximum Gasteiger partial charge on any atom is 0.0620 e. The van der Waals surface area contributed by atoms with Crippen LogP contribution < -0.4 is 0 Å². The van der Waals surface area contributed by atoms with Crippen molar-refractivity contribution in [2.24, 2.45) is 11.8 Å².